The van der Waals surface area contributed by atoms with Gasteiger partial charge in [-0.3, -0.25) is 19.5 Å². The van der Waals surface area contributed by atoms with E-state index in [1.165, 1.54) is 10.5 Å². The average Bonchev–Trinajstić information content (AvgIpc) is 2.91. The molecule has 0 bridgehead atoms. The van der Waals surface area contributed by atoms with Crippen molar-refractivity contribution in [1.82, 2.24) is 15.5 Å². The normalized spacial score (nSPS) is 13.8. The minimum atomic E-state index is -0.241. The topological polar surface area (TPSA) is 73.8 Å². The number of amides is 2. The van der Waals surface area contributed by atoms with Crippen LogP contribution < -0.4 is 10.6 Å². The first-order chi connectivity index (χ1) is 12.6. The summed E-state index contributed by atoms with van der Waals surface area (Å²) in [5.74, 6) is 0.146. The first-order valence-corrected chi connectivity index (χ1v) is 8.55. The van der Waals surface area contributed by atoms with Gasteiger partial charge in [0.1, 0.15) is 0 Å². The molecular weight excluding hydrogens is 328 g/mol. The number of nitrogens with one attached hydrogen (secondary N) is 2. The lowest BCUT2D eigenvalue weighted by Gasteiger charge is -2.16. The van der Waals surface area contributed by atoms with Crippen LogP contribution in [-0.2, 0) is 6.54 Å². The third kappa shape index (κ3) is 3.74. The molecule has 134 valence electrons. The fourth-order valence-corrected chi connectivity index (χ4v) is 2.84. The lowest BCUT2D eigenvalue weighted by molar-refractivity contribution is 0.0657. The third-order valence-electron chi connectivity index (χ3n) is 4.31. The quantitative estimate of drug-likeness (QED) is 0.491. The summed E-state index contributed by atoms with van der Waals surface area (Å²) in [6.45, 7) is 3.42. The number of carbonyl (C=O) groups is 2. The largest absolute Gasteiger partial charge is 0.355 e. The SMILES string of the molecule is CN=C(NCCN1C(=O)c2ccccc2C1=O)NCc1ccc(C)cc1. The van der Waals surface area contributed by atoms with Crippen LogP contribution in [0.15, 0.2) is 53.5 Å². The summed E-state index contributed by atoms with van der Waals surface area (Å²) in [7, 11) is 1.69. The highest BCUT2D eigenvalue weighted by atomic mass is 16.2. The van der Waals surface area contributed by atoms with E-state index in [0.717, 1.165) is 5.56 Å². The smallest absolute Gasteiger partial charge is 0.261 e. The number of rotatable bonds is 5. The molecule has 0 radical (unpaired) electrons. The number of aryl methyl sites for hydroxylation is 1. The summed E-state index contributed by atoms with van der Waals surface area (Å²) in [5, 5.41) is 6.36. The zero-order valence-electron chi connectivity index (χ0n) is 15.0. The number of imide groups is 1. The van der Waals surface area contributed by atoms with Crippen molar-refractivity contribution in [3.63, 3.8) is 0 Å². The van der Waals surface area contributed by atoms with Gasteiger partial charge in [0.25, 0.3) is 11.8 Å². The van der Waals surface area contributed by atoms with Gasteiger partial charge in [-0.2, -0.15) is 0 Å². The molecule has 1 heterocycles. The first-order valence-electron chi connectivity index (χ1n) is 8.55. The van der Waals surface area contributed by atoms with Gasteiger partial charge in [0.15, 0.2) is 5.96 Å². The minimum absolute atomic E-state index is 0.241. The van der Waals surface area contributed by atoms with Crippen LogP contribution in [0.2, 0.25) is 0 Å². The standard InChI is InChI=1S/C20H22N4O2/c1-14-7-9-15(10-8-14)13-23-20(21-2)22-11-12-24-18(25)16-5-3-4-6-17(16)19(24)26/h3-10H,11-13H2,1-2H3,(H2,21,22,23). The molecule has 0 fully saturated rings. The molecule has 1 aliphatic rings. The van der Waals surface area contributed by atoms with E-state index in [-0.39, 0.29) is 18.4 Å². The van der Waals surface area contributed by atoms with E-state index in [1.54, 1.807) is 31.3 Å². The van der Waals surface area contributed by atoms with E-state index >= 15 is 0 Å². The molecule has 0 saturated carbocycles. The number of fused-ring (bicyclic) bond motifs is 1. The van der Waals surface area contributed by atoms with Crippen molar-refractivity contribution in [3.8, 4) is 0 Å². The molecule has 1 aliphatic heterocycles. The van der Waals surface area contributed by atoms with Gasteiger partial charge in [-0.1, -0.05) is 42.0 Å². The summed E-state index contributed by atoms with van der Waals surface area (Å²) in [5.41, 5.74) is 3.31. The van der Waals surface area contributed by atoms with E-state index in [1.807, 2.05) is 0 Å². The predicted molar refractivity (Wildman–Crippen MR) is 101 cm³/mol. The number of aliphatic imine (C=N–C) groups is 1. The maximum absolute atomic E-state index is 12.3. The van der Waals surface area contributed by atoms with Crippen LogP contribution in [0.5, 0.6) is 0 Å². The van der Waals surface area contributed by atoms with Crippen molar-refractivity contribution in [3.05, 3.63) is 70.8 Å². The molecule has 0 aromatic heterocycles. The van der Waals surface area contributed by atoms with Gasteiger partial charge in [-0.05, 0) is 24.6 Å². The molecular formula is C20H22N4O2. The summed E-state index contributed by atoms with van der Waals surface area (Å²) < 4.78 is 0. The van der Waals surface area contributed by atoms with Gasteiger partial charge in [-0.25, -0.2) is 0 Å². The van der Waals surface area contributed by atoms with E-state index in [0.29, 0.717) is 30.2 Å². The van der Waals surface area contributed by atoms with Crippen molar-refractivity contribution >= 4 is 17.8 Å². The zero-order valence-corrected chi connectivity index (χ0v) is 15.0. The second kappa shape index (κ2) is 7.82. The highest BCUT2D eigenvalue weighted by Gasteiger charge is 2.34. The Morgan fingerprint density at radius 1 is 0.962 bits per heavy atom. The van der Waals surface area contributed by atoms with Crippen molar-refractivity contribution < 1.29 is 9.59 Å². The summed E-state index contributed by atoms with van der Waals surface area (Å²) in [4.78, 5) is 30.1. The molecule has 3 rings (SSSR count). The molecule has 0 aliphatic carbocycles. The number of nitrogens with zero attached hydrogens (tertiary/aromatic N) is 2. The second-order valence-corrected chi connectivity index (χ2v) is 6.15. The molecule has 6 nitrogen and oxygen atoms in total. The van der Waals surface area contributed by atoms with Crippen LogP contribution in [0.4, 0.5) is 0 Å². The van der Waals surface area contributed by atoms with Crippen LogP contribution in [0.25, 0.3) is 0 Å². The molecule has 2 amide bonds. The van der Waals surface area contributed by atoms with E-state index < -0.39 is 0 Å². The fourth-order valence-electron chi connectivity index (χ4n) is 2.84. The minimum Gasteiger partial charge on any atom is -0.355 e. The Labute approximate surface area is 152 Å². The van der Waals surface area contributed by atoms with Crippen LogP contribution in [0.3, 0.4) is 0 Å². The Kier molecular flexibility index (Phi) is 5.31. The number of hydrogen-bond donors (Lipinski definition) is 2. The van der Waals surface area contributed by atoms with Crippen LogP contribution in [-0.4, -0.2) is 42.8 Å². The molecule has 0 atom stereocenters. The van der Waals surface area contributed by atoms with Gasteiger partial charge < -0.3 is 10.6 Å². The van der Waals surface area contributed by atoms with E-state index in [4.69, 9.17) is 0 Å². The molecule has 2 aromatic carbocycles. The van der Waals surface area contributed by atoms with Crippen LogP contribution >= 0.6 is 0 Å². The molecule has 2 N–H and O–H groups in total. The Morgan fingerprint density at radius 2 is 1.58 bits per heavy atom. The second-order valence-electron chi connectivity index (χ2n) is 6.15. The average molecular weight is 350 g/mol. The van der Waals surface area contributed by atoms with Crippen molar-refractivity contribution in [2.75, 3.05) is 20.1 Å². The van der Waals surface area contributed by atoms with Gasteiger partial charge in [0, 0.05) is 26.7 Å². The number of hydrogen-bond acceptors (Lipinski definition) is 3. The Morgan fingerprint density at radius 3 is 2.15 bits per heavy atom. The molecule has 6 heteroatoms. The number of guanidine groups is 1. The van der Waals surface area contributed by atoms with Crippen LogP contribution in [0.1, 0.15) is 31.8 Å². The Balaban J connectivity index is 1.50. The molecule has 0 unspecified atom stereocenters. The maximum atomic E-state index is 12.3. The third-order valence-corrected chi connectivity index (χ3v) is 4.31. The first kappa shape index (κ1) is 17.7. The molecule has 0 spiro atoms. The highest BCUT2D eigenvalue weighted by molar-refractivity contribution is 6.21. The molecule has 26 heavy (non-hydrogen) atoms. The monoisotopic (exact) mass is 350 g/mol. The van der Waals surface area contributed by atoms with Crippen molar-refractivity contribution in [2.24, 2.45) is 4.99 Å². The molecule has 2 aromatic rings. The predicted octanol–water partition coefficient (Wildman–Crippen LogP) is 1.96. The van der Waals surface area contributed by atoms with E-state index in [2.05, 4.69) is 46.8 Å². The number of benzene rings is 2. The van der Waals surface area contributed by atoms with Gasteiger partial charge in [-0.15, -0.1) is 0 Å². The summed E-state index contributed by atoms with van der Waals surface area (Å²) in [6, 6.07) is 15.2. The summed E-state index contributed by atoms with van der Waals surface area (Å²) >= 11 is 0. The van der Waals surface area contributed by atoms with Crippen molar-refractivity contribution in [1.29, 1.82) is 0 Å². The highest BCUT2D eigenvalue weighted by Crippen LogP contribution is 2.21. The number of carbonyl (C=O) groups excluding carboxylic acids is 2. The zero-order chi connectivity index (χ0) is 18.5. The maximum Gasteiger partial charge on any atom is 0.261 e. The molecule has 0 saturated heterocycles. The van der Waals surface area contributed by atoms with E-state index in [9.17, 15) is 9.59 Å². The Hall–Kier alpha value is -3.15. The van der Waals surface area contributed by atoms with Gasteiger partial charge in [0.05, 0.1) is 11.1 Å². The fraction of sp³-hybridized carbons (Fsp3) is 0.250. The van der Waals surface area contributed by atoms with Gasteiger partial charge >= 0.3 is 0 Å². The van der Waals surface area contributed by atoms with Crippen LogP contribution in [0, 0.1) is 6.92 Å². The Bertz CT molecular complexity index is 808. The summed E-state index contributed by atoms with van der Waals surface area (Å²) in [6.07, 6.45) is 0. The lowest BCUT2D eigenvalue weighted by Crippen LogP contribution is -2.42. The van der Waals surface area contributed by atoms with Gasteiger partial charge in [0.2, 0.25) is 0 Å². The lowest BCUT2D eigenvalue weighted by atomic mass is 10.1. The van der Waals surface area contributed by atoms with Crippen molar-refractivity contribution in [2.45, 2.75) is 13.5 Å².